The predicted molar refractivity (Wildman–Crippen MR) is 94.6 cm³/mol. The Labute approximate surface area is 135 Å². The van der Waals surface area contributed by atoms with Crippen molar-refractivity contribution in [2.45, 2.75) is 5.92 Å². The molecule has 0 spiro atoms. The third-order valence-corrected chi connectivity index (χ3v) is 4.79. The van der Waals surface area contributed by atoms with E-state index >= 15 is 0 Å². The van der Waals surface area contributed by atoms with Gasteiger partial charge in [-0.3, -0.25) is 4.98 Å². The molecule has 0 saturated heterocycles. The lowest BCUT2D eigenvalue weighted by Crippen LogP contribution is -1.99. The van der Waals surface area contributed by atoms with Crippen LogP contribution in [0.5, 0.6) is 0 Å². The van der Waals surface area contributed by atoms with Crippen LogP contribution in [0.1, 0.15) is 22.6 Å². The standard InChI is InChI=1S/C22H15N/c1-2-8-15(9-3-1)21-16-10-4-5-11-17(16)22-18-12-6-7-13-20(18)23-14-19(21)22/h1-14,21H. The van der Waals surface area contributed by atoms with Crippen LogP contribution >= 0.6 is 0 Å². The highest BCUT2D eigenvalue weighted by atomic mass is 14.7. The van der Waals surface area contributed by atoms with E-state index in [1.165, 1.54) is 33.2 Å². The Bertz CT molecular complexity index is 1020. The molecular weight excluding hydrogens is 278 g/mol. The van der Waals surface area contributed by atoms with E-state index in [9.17, 15) is 0 Å². The summed E-state index contributed by atoms with van der Waals surface area (Å²) >= 11 is 0. The van der Waals surface area contributed by atoms with Gasteiger partial charge < -0.3 is 0 Å². The highest BCUT2D eigenvalue weighted by molar-refractivity contribution is 6.00. The fourth-order valence-electron chi connectivity index (χ4n) is 3.82. The Morgan fingerprint density at radius 1 is 0.652 bits per heavy atom. The summed E-state index contributed by atoms with van der Waals surface area (Å²) < 4.78 is 0. The molecule has 1 heterocycles. The van der Waals surface area contributed by atoms with E-state index < -0.39 is 0 Å². The number of para-hydroxylation sites is 1. The smallest absolute Gasteiger partial charge is 0.0708 e. The fraction of sp³-hybridized carbons (Fsp3) is 0.0455. The van der Waals surface area contributed by atoms with Gasteiger partial charge in [-0.1, -0.05) is 72.8 Å². The molecule has 0 saturated carbocycles. The first kappa shape index (κ1) is 12.6. The number of benzene rings is 3. The van der Waals surface area contributed by atoms with Crippen molar-refractivity contribution in [3.8, 4) is 11.1 Å². The molecule has 1 aliphatic carbocycles. The fourth-order valence-corrected chi connectivity index (χ4v) is 3.82. The molecule has 4 aromatic rings. The Kier molecular flexibility index (Phi) is 2.62. The zero-order valence-electron chi connectivity index (χ0n) is 12.6. The van der Waals surface area contributed by atoms with E-state index in [4.69, 9.17) is 4.98 Å². The topological polar surface area (TPSA) is 12.9 Å². The minimum Gasteiger partial charge on any atom is -0.256 e. The molecule has 0 fully saturated rings. The van der Waals surface area contributed by atoms with Gasteiger partial charge in [-0.25, -0.2) is 0 Å². The van der Waals surface area contributed by atoms with Crippen molar-refractivity contribution in [2.24, 2.45) is 0 Å². The molecule has 1 heteroatoms. The summed E-state index contributed by atoms with van der Waals surface area (Å²) in [6, 6.07) is 27.9. The van der Waals surface area contributed by atoms with Gasteiger partial charge in [-0.05, 0) is 33.9 Å². The second-order valence-electron chi connectivity index (χ2n) is 6.04. The van der Waals surface area contributed by atoms with Crippen molar-refractivity contribution in [1.29, 1.82) is 0 Å². The van der Waals surface area contributed by atoms with Gasteiger partial charge in [0, 0.05) is 17.5 Å². The van der Waals surface area contributed by atoms with Crippen LogP contribution in [-0.2, 0) is 0 Å². The lowest BCUT2D eigenvalue weighted by Gasteiger charge is -2.14. The third kappa shape index (κ3) is 1.77. The first-order chi connectivity index (χ1) is 11.4. The molecule has 1 aromatic heterocycles. The van der Waals surface area contributed by atoms with Gasteiger partial charge in [0.05, 0.1) is 5.52 Å². The van der Waals surface area contributed by atoms with Gasteiger partial charge in [-0.15, -0.1) is 0 Å². The molecule has 0 bridgehead atoms. The molecule has 0 N–H and O–H groups in total. The summed E-state index contributed by atoms with van der Waals surface area (Å²) in [4.78, 5) is 4.71. The van der Waals surface area contributed by atoms with Crippen LogP contribution in [0, 0.1) is 0 Å². The molecule has 1 atom stereocenters. The molecular formula is C22H15N. The van der Waals surface area contributed by atoms with Crippen molar-refractivity contribution in [2.75, 3.05) is 0 Å². The summed E-state index contributed by atoms with van der Waals surface area (Å²) in [5, 5.41) is 1.25. The summed E-state index contributed by atoms with van der Waals surface area (Å²) in [6.45, 7) is 0. The van der Waals surface area contributed by atoms with Gasteiger partial charge in [0.15, 0.2) is 0 Å². The molecule has 0 amide bonds. The Morgan fingerprint density at radius 3 is 2.30 bits per heavy atom. The number of pyridine rings is 1. The average molecular weight is 293 g/mol. The third-order valence-electron chi connectivity index (χ3n) is 4.79. The van der Waals surface area contributed by atoms with E-state index in [-0.39, 0.29) is 5.92 Å². The van der Waals surface area contributed by atoms with Gasteiger partial charge in [0.1, 0.15) is 0 Å². The zero-order valence-corrected chi connectivity index (χ0v) is 12.6. The number of nitrogens with zero attached hydrogens (tertiary/aromatic N) is 1. The monoisotopic (exact) mass is 293 g/mol. The van der Waals surface area contributed by atoms with Gasteiger partial charge >= 0.3 is 0 Å². The summed E-state index contributed by atoms with van der Waals surface area (Å²) in [7, 11) is 0. The molecule has 1 nitrogen and oxygen atoms in total. The first-order valence-corrected chi connectivity index (χ1v) is 7.95. The van der Waals surface area contributed by atoms with Crippen LogP contribution in [0.4, 0.5) is 0 Å². The molecule has 1 unspecified atom stereocenters. The second-order valence-corrected chi connectivity index (χ2v) is 6.04. The van der Waals surface area contributed by atoms with E-state index in [2.05, 4.69) is 85.1 Å². The zero-order chi connectivity index (χ0) is 15.2. The first-order valence-electron chi connectivity index (χ1n) is 7.95. The van der Waals surface area contributed by atoms with E-state index in [1.54, 1.807) is 0 Å². The van der Waals surface area contributed by atoms with Gasteiger partial charge in [0.25, 0.3) is 0 Å². The van der Waals surface area contributed by atoms with Crippen LogP contribution < -0.4 is 0 Å². The Hall–Kier alpha value is -2.93. The van der Waals surface area contributed by atoms with Crippen LogP contribution in [0.2, 0.25) is 0 Å². The minimum atomic E-state index is 0.277. The van der Waals surface area contributed by atoms with Crippen LogP contribution in [0.15, 0.2) is 85.1 Å². The average Bonchev–Trinajstić information content (AvgIpc) is 2.97. The van der Waals surface area contributed by atoms with E-state index in [0.29, 0.717) is 0 Å². The highest BCUT2D eigenvalue weighted by Crippen LogP contribution is 2.49. The van der Waals surface area contributed by atoms with Crippen LogP contribution in [0.25, 0.3) is 22.0 Å². The largest absolute Gasteiger partial charge is 0.256 e. The summed E-state index contributed by atoms with van der Waals surface area (Å²) in [5.74, 6) is 0.277. The normalized spacial score (nSPS) is 15.4. The van der Waals surface area contributed by atoms with Crippen LogP contribution in [-0.4, -0.2) is 4.98 Å². The maximum atomic E-state index is 4.71. The Morgan fingerprint density at radius 2 is 1.39 bits per heavy atom. The maximum absolute atomic E-state index is 4.71. The van der Waals surface area contributed by atoms with E-state index in [0.717, 1.165) is 5.52 Å². The number of hydrogen-bond donors (Lipinski definition) is 0. The molecule has 1 aliphatic rings. The molecule has 0 radical (unpaired) electrons. The molecule has 3 aromatic carbocycles. The van der Waals surface area contributed by atoms with Crippen molar-refractivity contribution in [1.82, 2.24) is 4.98 Å². The lowest BCUT2D eigenvalue weighted by molar-refractivity contribution is 1.01. The van der Waals surface area contributed by atoms with Crippen molar-refractivity contribution >= 4 is 10.9 Å². The number of fused-ring (bicyclic) bond motifs is 5. The van der Waals surface area contributed by atoms with Crippen molar-refractivity contribution < 1.29 is 0 Å². The number of rotatable bonds is 1. The SMILES string of the molecule is c1ccc(C2c3ccccc3-c3c2cnc2ccccc32)cc1. The van der Waals surface area contributed by atoms with E-state index in [1.807, 2.05) is 0 Å². The van der Waals surface area contributed by atoms with Crippen molar-refractivity contribution in [3.63, 3.8) is 0 Å². The Balaban J connectivity index is 1.90. The number of aromatic nitrogens is 1. The predicted octanol–water partition coefficient (Wildman–Crippen LogP) is 5.40. The molecule has 23 heavy (non-hydrogen) atoms. The van der Waals surface area contributed by atoms with Crippen molar-refractivity contribution in [3.05, 3.63) is 102 Å². The molecule has 5 rings (SSSR count). The molecule has 0 aliphatic heterocycles. The summed E-state index contributed by atoms with van der Waals surface area (Å²) in [6.07, 6.45) is 2.06. The van der Waals surface area contributed by atoms with Gasteiger partial charge in [0.2, 0.25) is 0 Å². The quantitative estimate of drug-likeness (QED) is 0.403. The van der Waals surface area contributed by atoms with Crippen LogP contribution in [0.3, 0.4) is 0 Å². The van der Waals surface area contributed by atoms with Gasteiger partial charge in [-0.2, -0.15) is 0 Å². The highest BCUT2D eigenvalue weighted by Gasteiger charge is 2.31. The summed E-state index contributed by atoms with van der Waals surface area (Å²) in [5.41, 5.74) is 7.78. The molecule has 108 valence electrons. The minimum absolute atomic E-state index is 0.277. The number of hydrogen-bond acceptors (Lipinski definition) is 1. The second kappa shape index (κ2) is 4.79. The maximum Gasteiger partial charge on any atom is 0.0708 e. The lowest BCUT2D eigenvalue weighted by atomic mass is 9.90.